The number of pyridine rings is 1. The number of nitrogens with zero attached hydrogens (tertiary/aromatic N) is 1. The Balaban J connectivity index is 1.94. The lowest BCUT2D eigenvalue weighted by Crippen LogP contribution is -2.40. The van der Waals surface area contributed by atoms with Gasteiger partial charge in [0.25, 0.3) is 0 Å². The van der Waals surface area contributed by atoms with Gasteiger partial charge in [-0.3, -0.25) is 4.79 Å². The van der Waals surface area contributed by atoms with Crippen LogP contribution in [0.4, 0.5) is 5.82 Å². The van der Waals surface area contributed by atoms with E-state index in [9.17, 15) is 4.79 Å². The molecule has 1 amide bonds. The Morgan fingerprint density at radius 1 is 1.59 bits per heavy atom. The lowest BCUT2D eigenvalue weighted by atomic mass is 9.92. The fraction of sp³-hybridized carbons (Fsp3) is 0.500. The van der Waals surface area contributed by atoms with Crippen molar-refractivity contribution in [2.75, 3.05) is 11.9 Å². The van der Waals surface area contributed by atoms with Crippen LogP contribution in [0.3, 0.4) is 0 Å². The second-order valence-corrected chi connectivity index (χ2v) is 4.86. The van der Waals surface area contributed by atoms with Gasteiger partial charge in [-0.2, -0.15) is 0 Å². The van der Waals surface area contributed by atoms with Crippen molar-refractivity contribution in [3.05, 3.63) is 23.4 Å². The molecule has 0 saturated carbocycles. The Kier molecular flexibility index (Phi) is 3.97. The molecule has 1 aromatic heterocycles. The quantitative estimate of drug-likeness (QED) is 0.848. The molecule has 1 fully saturated rings. The van der Waals surface area contributed by atoms with Crippen LogP contribution in [-0.4, -0.2) is 23.5 Å². The highest BCUT2D eigenvalue weighted by Gasteiger charge is 2.24. The number of aromatic nitrogens is 1. The van der Waals surface area contributed by atoms with Gasteiger partial charge in [0.05, 0.1) is 5.02 Å². The third kappa shape index (κ3) is 3.41. The molecule has 2 heterocycles. The third-order valence-electron chi connectivity index (χ3n) is 2.97. The van der Waals surface area contributed by atoms with Crippen molar-refractivity contribution in [3.8, 4) is 0 Å². The highest BCUT2D eigenvalue weighted by atomic mass is 35.5. The van der Waals surface area contributed by atoms with E-state index in [0.29, 0.717) is 16.9 Å². The second kappa shape index (κ2) is 5.47. The predicted octanol–water partition coefficient (Wildman–Crippen LogP) is 2.06. The van der Waals surface area contributed by atoms with Gasteiger partial charge in [-0.05, 0) is 38.4 Å². The van der Waals surface area contributed by atoms with Crippen LogP contribution in [0, 0.1) is 5.92 Å². The van der Waals surface area contributed by atoms with E-state index in [1.54, 1.807) is 12.1 Å². The molecule has 0 bridgehead atoms. The van der Waals surface area contributed by atoms with Crippen molar-refractivity contribution >= 4 is 23.3 Å². The number of carbonyl (C=O) groups excluding carboxylic acids is 1. The number of nitrogens with one attached hydrogen (secondary N) is 2. The molecule has 0 aliphatic carbocycles. The molecule has 2 unspecified atom stereocenters. The summed E-state index contributed by atoms with van der Waals surface area (Å²) in [5.74, 6) is 0.683. The number of halogens is 1. The van der Waals surface area contributed by atoms with E-state index in [-0.39, 0.29) is 11.8 Å². The minimum absolute atomic E-state index is 0.0492. The fourth-order valence-corrected chi connectivity index (χ4v) is 2.16. The molecular formula is C12H16ClN3O. The average Bonchev–Trinajstić information content (AvgIpc) is 2.32. The van der Waals surface area contributed by atoms with E-state index in [1.807, 2.05) is 0 Å². The van der Waals surface area contributed by atoms with E-state index < -0.39 is 0 Å². The normalized spacial score (nSPS) is 24.4. The Bertz CT molecular complexity index is 393. The maximum absolute atomic E-state index is 12.0. The topological polar surface area (TPSA) is 54.0 Å². The fourth-order valence-electron chi connectivity index (χ4n) is 2.05. The molecule has 2 N–H and O–H groups in total. The van der Waals surface area contributed by atoms with Crippen LogP contribution in [0.5, 0.6) is 0 Å². The molecular weight excluding hydrogens is 238 g/mol. The standard InChI is InChI=1S/C12H16ClN3O/c1-8-6-9(4-5-14-8)12(17)16-11-3-2-10(13)7-15-11/h2-3,7-9,14H,4-6H2,1H3,(H,15,16,17). The number of amides is 1. The van der Waals surface area contributed by atoms with E-state index >= 15 is 0 Å². The maximum Gasteiger partial charge on any atom is 0.228 e. The molecule has 5 heteroatoms. The van der Waals surface area contributed by atoms with Crippen molar-refractivity contribution in [1.29, 1.82) is 0 Å². The van der Waals surface area contributed by atoms with E-state index in [0.717, 1.165) is 19.4 Å². The van der Waals surface area contributed by atoms with Crippen LogP contribution >= 0.6 is 11.6 Å². The first kappa shape index (κ1) is 12.3. The Labute approximate surface area is 106 Å². The Hall–Kier alpha value is -1.13. The van der Waals surface area contributed by atoms with Crippen LogP contribution < -0.4 is 10.6 Å². The summed E-state index contributed by atoms with van der Waals surface area (Å²) in [5.41, 5.74) is 0. The molecule has 2 rings (SSSR count). The zero-order valence-electron chi connectivity index (χ0n) is 9.74. The SMILES string of the molecule is CC1CC(C(=O)Nc2ccc(Cl)cn2)CCN1. The summed E-state index contributed by atoms with van der Waals surface area (Å²) in [7, 11) is 0. The first-order valence-corrected chi connectivity index (χ1v) is 6.19. The summed E-state index contributed by atoms with van der Waals surface area (Å²) in [6.07, 6.45) is 3.28. The van der Waals surface area contributed by atoms with Gasteiger partial charge in [0.15, 0.2) is 0 Å². The Morgan fingerprint density at radius 2 is 2.41 bits per heavy atom. The van der Waals surface area contributed by atoms with Gasteiger partial charge >= 0.3 is 0 Å². The predicted molar refractivity (Wildman–Crippen MR) is 68.1 cm³/mol. The lowest BCUT2D eigenvalue weighted by molar-refractivity contribution is -0.120. The van der Waals surface area contributed by atoms with Gasteiger partial charge in [-0.15, -0.1) is 0 Å². The van der Waals surface area contributed by atoms with Crippen LogP contribution in [0.25, 0.3) is 0 Å². The van der Waals surface area contributed by atoms with Crippen molar-refractivity contribution in [2.24, 2.45) is 5.92 Å². The van der Waals surface area contributed by atoms with Crippen LogP contribution in [-0.2, 0) is 4.79 Å². The zero-order chi connectivity index (χ0) is 12.3. The first-order chi connectivity index (χ1) is 8.15. The maximum atomic E-state index is 12.0. The Morgan fingerprint density at radius 3 is 3.06 bits per heavy atom. The minimum Gasteiger partial charge on any atom is -0.314 e. The molecule has 4 nitrogen and oxygen atoms in total. The second-order valence-electron chi connectivity index (χ2n) is 4.43. The highest BCUT2D eigenvalue weighted by molar-refractivity contribution is 6.30. The highest BCUT2D eigenvalue weighted by Crippen LogP contribution is 2.18. The molecule has 1 aliphatic heterocycles. The molecule has 0 radical (unpaired) electrons. The largest absolute Gasteiger partial charge is 0.314 e. The van der Waals surface area contributed by atoms with Crippen molar-refractivity contribution in [1.82, 2.24) is 10.3 Å². The lowest BCUT2D eigenvalue weighted by Gasteiger charge is -2.26. The van der Waals surface area contributed by atoms with E-state index in [1.165, 1.54) is 6.20 Å². The number of hydrogen-bond donors (Lipinski definition) is 2. The van der Waals surface area contributed by atoms with Crippen molar-refractivity contribution < 1.29 is 4.79 Å². The summed E-state index contributed by atoms with van der Waals surface area (Å²) in [4.78, 5) is 16.0. The van der Waals surface area contributed by atoms with E-state index in [2.05, 4.69) is 22.5 Å². The third-order valence-corrected chi connectivity index (χ3v) is 3.20. The van der Waals surface area contributed by atoms with Crippen LogP contribution in [0.2, 0.25) is 5.02 Å². The number of piperidine rings is 1. The molecule has 0 spiro atoms. The molecule has 1 saturated heterocycles. The monoisotopic (exact) mass is 253 g/mol. The number of hydrogen-bond acceptors (Lipinski definition) is 3. The first-order valence-electron chi connectivity index (χ1n) is 5.81. The van der Waals surface area contributed by atoms with E-state index in [4.69, 9.17) is 11.6 Å². The van der Waals surface area contributed by atoms with Crippen LogP contribution in [0.1, 0.15) is 19.8 Å². The zero-order valence-corrected chi connectivity index (χ0v) is 10.5. The minimum atomic E-state index is 0.0492. The van der Waals surface area contributed by atoms with Crippen molar-refractivity contribution in [2.45, 2.75) is 25.8 Å². The van der Waals surface area contributed by atoms with Gasteiger partial charge in [-0.25, -0.2) is 4.98 Å². The molecule has 17 heavy (non-hydrogen) atoms. The summed E-state index contributed by atoms with van der Waals surface area (Å²) >= 11 is 5.73. The van der Waals surface area contributed by atoms with Crippen LogP contribution in [0.15, 0.2) is 18.3 Å². The molecule has 1 aromatic rings. The van der Waals surface area contributed by atoms with Gasteiger partial charge in [-0.1, -0.05) is 11.6 Å². The summed E-state index contributed by atoms with van der Waals surface area (Å²) in [5, 5.41) is 6.72. The number of rotatable bonds is 2. The van der Waals surface area contributed by atoms with Gasteiger partial charge in [0.1, 0.15) is 5.82 Å². The van der Waals surface area contributed by atoms with Gasteiger partial charge in [0, 0.05) is 18.2 Å². The number of carbonyl (C=O) groups is 1. The molecule has 92 valence electrons. The van der Waals surface area contributed by atoms with Crippen molar-refractivity contribution in [3.63, 3.8) is 0 Å². The smallest absolute Gasteiger partial charge is 0.228 e. The number of anilines is 1. The average molecular weight is 254 g/mol. The molecule has 0 aromatic carbocycles. The summed E-state index contributed by atoms with van der Waals surface area (Å²) in [6.45, 7) is 2.99. The van der Waals surface area contributed by atoms with Gasteiger partial charge in [0.2, 0.25) is 5.91 Å². The molecule has 2 atom stereocenters. The van der Waals surface area contributed by atoms with Gasteiger partial charge < -0.3 is 10.6 Å². The summed E-state index contributed by atoms with van der Waals surface area (Å²) in [6, 6.07) is 3.83. The molecule has 1 aliphatic rings. The summed E-state index contributed by atoms with van der Waals surface area (Å²) < 4.78 is 0.